The number of ether oxygens (including phenoxy) is 2. The maximum Gasteiger partial charge on any atom is 0.227 e. The topological polar surface area (TPSA) is 38.8 Å². The number of amides is 1. The van der Waals surface area contributed by atoms with Gasteiger partial charge in [-0.25, -0.2) is 0 Å². The van der Waals surface area contributed by atoms with Crippen molar-refractivity contribution >= 4 is 17.5 Å². The van der Waals surface area contributed by atoms with Crippen molar-refractivity contribution in [3.05, 3.63) is 59.1 Å². The van der Waals surface area contributed by atoms with Gasteiger partial charge in [0.2, 0.25) is 5.91 Å². The summed E-state index contributed by atoms with van der Waals surface area (Å²) in [6.45, 7) is 3.74. The van der Waals surface area contributed by atoms with Crippen LogP contribution in [0.1, 0.15) is 18.9 Å². The molecule has 0 radical (unpaired) electrons. The third-order valence-electron chi connectivity index (χ3n) is 4.11. The Bertz CT molecular complexity index is 717. The van der Waals surface area contributed by atoms with Crippen LogP contribution in [-0.2, 0) is 11.2 Å². The summed E-state index contributed by atoms with van der Waals surface area (Å²) in [5.74, 6) is 1.58. The summed E-state index contributed by atoms with van der Waals surface area (Å²) in [4.78, 5) is 14.6. The molecule has 0 bridgehead atoms. The first-order valence-corrected chi connectivity index (χ1v) is 8.94. The molecule has 1 aliphatic heterocycles. The molecule has 0 saturated carbocycles. The summed E-state index contributed by atoms with van der Waals surface area (Å²) >= 11 is 5.90. The maximum atomic E-state index is 12.7. The maximum absolute atomic E-state index is 12.7. The number of para-hydroxylation sites is 2. The third kappa shape index (κ3) is 4.67. The largest absolute Gasteiger partial charge is 0.486 e. The highest BCUT2D eigenvalue weighted by atomic mass is 35.5. The molecule has 25 heavy (non-hydrogen) atoms. The first kappa shape index (κ1) is 17.6. The quantitative estimate of drug-likeness (QED) is 0.783. The number of carbonyl (C=O) groups is 1. The van der Waals surface area contributed by atoms with Crippen LogP contribution < -0.4 is 9.47 Å². The van der Waals surface area contributed by atoms with Gasteiger partial charge in [0.15, 0.2) is 17.6 Å². The summed E-state index contributed by atoms with van der Waals surface area (Å²) in [6, 6.07) is 15.0. The second-order valence-corrected chi connectivity index (χ2v) is 6.58. The van der Waals surface area contributed by atoms with E-state index in [9.17, 15) is 4.79 Å². The molecule has 0 spiro atoms. The van der Waals surface area contributed by atoms with Crippen molar-refractivity contribution in [1.29, 1.82) is 0 Å². The van der Waals surface area contributed by atoms with E-state index in [1.807, 2.05) is 53.4 Å². The molecule has 0 fully saturated rings. The highest BCUT2D eigenvalue weighted by Crippen LogP contribution is 2.31. The summed E-state index contributed by atoms with van der Waals surface area (Å²) in [7, 11) is 0. The van der Waals surface area contributed by atoms with E-state index in [0.717, 1.165) is 23.5 Å². The monoisotopic (exact) mass is 359 g/mol. The summed E-state index contributed by atoms with van der Waals surface area (Å²) < 4.78 is 11.7. The summed E-state index contributed by atoms with van der Waals surface area (Å²) in [5.41, 5.74) is 0.960. The highest BCUT2D eigenvalue weighted by molar-refractivity contribution is 6.30. The van der Waals surface area contributed by atoms with Gasteiger partial charge in [0.25, 0.3) is 0 Å². The van der Waals surface area contributed by atoms with Crippen LogP contribution in [0.5, 0.6) is 11.5 Å². The summed E-state index contributed by atoms with van der Waals surface area (Å²) in [6.07, 6.45) is 1.10. The second-order valence-electron chi connectivity index (χ2n) is 6.14. The zero-order valence-electron chi connectivity index (χ0n) is 14.3. The van der Waals surface area contributed by atoms with Crippen LogP contribution in [0.15, 0.2) is 48.5 Å². The van der Waals surface area contributed by atoms with E-state index in [1.165, 1.54) is 0 Å². The van der Waals surface area contributed by atoms with E-state index in [2.05, 4.69) is 6.92 Å². The number of fused-ring (bicyclic) bond motifs is 1. The normalized spacial score (nSPS) is 15.7. The third-order valence-corrected chi connectivity index (χ3v) is 4.36. The predicted molar refractivity (Wildman–Crippen MR) is 98.4 cm³/mol. The number of benzene rings is 2. The molecule has 2 aromatic rings. The SMILES string of the molecule is CCCN(CC1COc2ccccc2O1)C(=O)Cc1ccc(Cl)cc1. The Morgan fingerprint density at radius 3 is 2.60 bits per heavy atom. The molecular weight excluding hydrogens is 338 g/mol. The van der Waals surface area contributed by atoms with Crippen LogP contribution in [0, 0.1) is 0 Å². The van der Waals surface area contributed by atoms with Gasteiger partial charge in [-0.1, -0.05) is 42.8 Å². The average molecular weight is 360 g/mol. The van der Waals surface area contributed by atoms with Gasteiger partial charge in [-0.05, 0) is 36.2 Å². The van der Waals surface area contributed by atoms with Crippen LogP contribution in [0.2, 0.25) is 5.02 Å². The van der Waals surface area contributed by atoms with Gasteiger partial charge in [0.05, 0.1) is 13.0 Å². The Kier molecular flexibility index (Phi) is 5.82. The molecule has 132 valence electrons. The Labute approximate surface area is 153 Å². The lowest BCUT2D eigenvalue weighted by molar-refractivity contribution is -0.132. The average Bonchev–Trinajstić information content (AvgIpc) is 2.63. The van der Waals surface area contributed by atoms with Crippen molar-refractivity contribution in [3.8, 4) is 11.5 Å². The fraction of sp³-hybridized carbons (Fsp3) is 0.350. The standard InChI is InChI=1S/C20H22ClNO3/c1-2-11-22(20(23)12-15-7-9-16(21)10-8-15)13-17-14-24-18-5-3-4-6-19(18)25-17/h3-10,17H,2,11-14H2,1H3. The van der Waals surface area contributed by atoms with Gasteiger partial charge in [-0.2, -0.15) is 0 Å². The molecular formula is C20H22ClNO3. The number of halogens is 1. The zero-order valence-corrected chi connectivity index (χ0v) is 15.0. The fourth-order valence-corrected chi connectivity index (χ4v) is 3.00. The minimum atomic E-state index is -0.157. The molecule has 1 amide bonds. The fourth-order valence-electron chi connectivity index (χ4n) is 2.88. The van der Waals surface area contributed by atoms with Crippen LogP contribution in [0.25, 0.3) is 0 Å². The van der Waals surface area contributed by atoms with Crippen molar-refractivity contribution in [2.45, 2.75) is 25.9 Å². The molecule has 0 aromatic heterocycles. The Hall–Kier alpha value is -2.20. The zero-order chi connectivity index (χ0) is 17.6. The summed E-state index contributed by atoms with van der Waals surface area (Å²) in [5, 5.41) is 0.674. The molecule has 3 rings (SSSR count). The number of nitrogens with zero attached hydrogens (tertiary/aromatic N) is 1. The lowest BCUT2D eigenvalue weighted by atomic mass is 10.1. The number of rotatable bonds is 6. The molecule has 0 aliphatic carbocycles. The Balaban J connectivity index is 1.63. The van der Waals surface area contributed by atoms with Gasteiger partial charge < -0.3 is 14.4 Å². The van der Waals surface area contributed by atoms with Gasteiger partial charge in [0.1, 0.15) is 6.61 Å². The van der Waals surface area contributed by atoms with Crippen molar-refractivity contribution in [3.63, 3.8) is 0 Å². The Morgan fingerprint density at radius 2 is 1.88 bits per heavy atom. The molecule has 1 aliphatic rings. The van der Waals surface area contributed by atoms with Crippen LogP contribution in [-0.4, -0.2) is 36.6 Å². The lowest BCUT2D eigenvalue weighted by Gasteiger charge is -2.31. The molecule has 4 nitrogen and oxygen atoms in total. The van der Waals surface area contributed by atoms with E-state index in [-0.39, 0.29) is 12.0 Å². The predicted octanol–water partition coefficient (Wildman–Crippen LogP) is 3.96. The van der Waals surface area contributed by atoms with Crippen molar-refractivity contribution < 1.29 is 14.3 Å². The van der Waals surface area contributed by atoms with E-state index >= 15 is 0 Å². The molecule has 1 atom stereocenters. The number of hydrogen-bond donors (Lipinski definition) is 0. The lowest BCUT2D eigenvalue weighted by Crippen LogP contribution is -2.44. The van der Waals surface area contributed by atoms with Gasteiger partial charge in [-0.15, -0.1) is 0 Å². The number of hydrogen-bond acceptors (Lipinski definition) is 3. The Morgan fingerprint density at radius 1 is 1.16 bits per heavy atom. The first-order valence-electron chi connectivity index (χ1n) is 8.56. The second kappa shape index (κ2) is 8.26. The highest BCUT2D eigenvalue weighted by Gasteiger charge is 2.25. The molecule has 1 unspecified atom stereocenters. The van der Waals surface area contributed by atoms with Crippen molar-refractivity contribution in [2.75, 3.05) is 19.7 Å². The minimum Gasteiger partial charge on any atom is -0.486 e. The molecule has 0 saturated heterocycles. The number of carbonyl (C=O) groups excluding carboxylic acids is 1. The van der Waals surface area contributed by atoms with Crippen LogP contribution >= 0.6 is 11.6 Å². The first-order chi connectivity index (χ1) is 12.2. The molecule has 0 N–H and O–H groups in total. The van der Waals surface area contributed by atoms with E-state index in [1.54, 1.807) is 0 Å². The minimum absolute atomic E-state index is 0.0895. The van der Waals surface area contributed by atoms with Gasteiger partial charge >= 0.3 is 0 Å². The molecule has 2 aromatic carbocycles. The van der Waals surface area contributed by atoms with Crippen molar-refractivity contribution in [2.24, 2.45) is 0 Å². The molecule has 5 heteroatoms. The van der Waals surface area contributed by atoms with Crippen molar-refractivity contribution in [1.82, 2.24) is 4.90 Å². The van der Waals surface area contributed by atoms with Gasteiger partial charge in [0, 0.05) is 11.6 Å². The van der Waals surface area contributed by atoms with E-state index in [4.69, 9.17) is 21.1 Å². The smallest absolute Gasteiger partial charge is 0.227 e. The van der Waals surface area contributed by atoms with Crippen LogP contribution in [0.4, 0.5) is 0 Å². The molecule has 1 heterocycles. The van der Waals surface area contributed by atoms with Gasteiger partial charge in [-0.3, -0.25) is 4.79 Å². The van der Waals surface area contributed by atoms with E-state index < -0.39 is 0 Å². The van der Waals surface area contributed by atoms with Crippen LogP contribution in [0.3, 0.4) is 0 Å². The van der Waals surface area contributed by atoms with E-state index in [0.29, 0.717) is 31.1 Å².